The number of amides is 2. The molecular formula is C23H28N2O3. The second-order valence-corrected chi connectivity index (χ2v) is 7.56. The van der Waals surface area contributed by atoms with E-state index in [1.54, 1.807) is 0 Å². The molecule has 2 aromatic carbocycles. The molecule has 0 radical (unpaired) electrons. The van der Waals surface area contributed by atoms with E-state index in [0.29, 0.717) is 18.7 Å². The van der Waals surface area contributed by atoms with Gasteiger partial charge in [-0.05, 0) is 68.5 Å². The third kappa shape index (κ3) is 5.12. The summed E-state index contributed by atoms with van der Waals surface area (Å²) in [6.45, 7) is 7.27. The lowest BCUT2D eigenvalue weighted by Gasteiger charge is -2.32. The largest absolute Gasteiger partial charge is 0.484 e. The topological polar surface area (TPSA) is 58.6 Å². The number of aryl methyl sites for hydroxylation is 3. The lowest BCUT2D eigenvalue weighted by Crippen LogP contribution is -2.47. The highest BCUT2D eigenvalue weighted by Crippen LogP contribution is 2.17. The van der Waals surface area contributed by atoms with Gasteiger partial charge in [-0.25, -0.2) is 0 Å². The van der Waals surface area contributed by atoms with E-state index in [1.807, 2.05) is 62.1 Å². The van der Waals surface area contributed by atoms with Gasteiger partial charge in [0, 0.05) is 24.7 Å². The van der Waals surface area contributed by atoms with Crippen molar-refractivity contribution < 1.29 is 14.3 Å². The molecule has 0 atom stereocenters. The molecule has 0 spiro atoms. The molecule has 0 aliphatic carbocycles. The van der Waals surface area contributed by atoms with Crippen LogP contribution in [0.5, 0.6) is 5.75 Å². The average Bonchev–Trinajstić information content (AvgIpc) is 2.66. The summed E-state index contributed by atoms with van der Waals surface area (Å²) in [5, 5.41) is 3.10. The van der Waals surface area contributed by atoms with Gasteiger partial charge in [-0.2, -0.15) is 0 Å². The van der Waals surface area contributed by atoms with E-state index in [-0.39, 0.29) is 24.5 Å². The number of hydrogen-bond acceptors (Lipinski definition) is 3. The molecule has 1 fully saturated rings. The zero-order valence-corrected chi connectivity index (χ0v) is 16.8. The maximum Gasteiger partial charge on any atom is 0.260 e. The third-order valence-corrected chi connectivity index (χ3v) is 5.13. The summed E-state index contributed by atoms with van der Waals surface area (Å²) in [6, 6.07) is 13.6. The molecule has 1 heterocycles. The van der Waals surface area contributed by atoms with Crippen molar-refractivity contribution in [3.63, 3.8) is 0 Å². The Bertz CT molecular complexity index is 834. The fourth-order valence-corrected chi connectivity index (χ4v) is 3.62. The lowest BCUT2D eigenvalue weighted by atomic mass is 10.0. The number of nitrogens with zero attached hydrogens (tertiary/aromatic N) is 1. The predicted octanol–water partition coefficient (Wildman–Crippen LogP) is 3.41. The number of piperidine rings is 1. The number of benzene rings is 2. The predicted molar refractivity (Wildman–Crippen MR) is 110 cm³/mol. The van der Waals surface area contributed by atoms with Crippen molar-refractivity contribution in [2.75, 3.05) is 19.7 Å². The Hall–Kier alpha value is -2.82. The van der Waals surface area contributed by atoms with Gasteiger partial charge in [0.05, 0.1) is 0 Å². The minimum atomic E-state index is -0.0407. The maximum absolute atomic E-state index is 12.5. The first-order valence-electron chi connectivity index (χ1n) is 9.78. The van der Waals surface area contributed by atoms with Crippen molar-refractivity contribution in [2.45, 2.75) is 39.7 Å². The SMILES string of the molecule is Cc1cc(C)cc(OCC(=O)N2CCC(NC(=O)c3ccccc3C)CC2)c1. The molecule has 0 unspecified atom stereocenters. The van der Waals surface area contributed by atoms with Crippen LogP contribution in [0.3, 0.4) is 0 Å². The quantitative estimate of drug-likeness (QED) is 0.865. The van der Waals surface area contributed by atoms with Crippen LogP contribution in [0.4, 0.5) is 0 Å². The molecule has 2 aromatic rings. The fourth-order valence-electron chi connectivity index (χ4n) is 3.62. The molecule has 0 aromatic heterocycles. The van der Waals surface area contributed by atoms with E-state index in [2.05, 4.69) is 11.4 Å². The molecule has 28 heavy (non-hydrogen) atoms. The second-order valence-electron chi connectivity index (χ2n) is 7.56. The van der Waals surface area contributed by atoms with E-state index in [9.17, 15) is 9.59 Å². The Balaban J connectivity index is 1.46. The Labute approximate surface area is 166 Å². The molecule has 3 rings (SSSR count). The van der Waals surface area contributed by atoms with E-state index in [0.717, 1.165) is 35.3 Å². The molecule has 1 saturated heterocycles. The Morgan fingerprint density at radius 2 is 1.68 bits per heavy atom. The Kier molecular flexibility index (Phi) is 6.34. The summed E-state index contributed by atoms with van der Waals surface area (Å²) in [6.07, 6.45) is 1.51. The van der Waals surface area contributed by atoms with Crippen molar-refractivity contribution in [3.8, 4) is 5.75 Å². The zero-order valence-electron chi connectivity index (χ0n) is 16.8. The van der Waals surface area contributed by atoms with E-state index in [1.165, 1.54) is 0 Å². The van der Waals surface area contributed by atoms with Crippen LogP contribution >= 0.6 is 0 Å². The highest BCUT2D eigenvalue weighted by molar-refractivity contribution is 5.95. The van der Waals surface area contributed by atoms with Gasteiger partial charge in [0.25, 0.3) is 11.8 Å². The number of likely N-dealkylation sites (tertiary alicyclic amines) is 1. The molecule has 1 aliphatic rings. The number of hydrogen-bond donors (Lipinski definition) is 1. The van der Waals surface area contributed by atoms with E-state index < -0.39 is 0 Å². The van der Waals surface area contributed by atoms with Gasteiger partial charge < -0.3 is 15.0 Å². The molecule has 5 nitrogen and oxygen atoms in total. The van der Waals surface area contributed by atoms with Crippen LogP contribution in [0.2, 0.25) is 0 Å². The summed E-state index contributed by atoms with van der Waals surface area (Å²) in [7, 11) is 0. The first-order valence-corrected chi connectivity index (χ1v) is 9.78. The van der Waals surface area contributed by atoms with Crippen LogP contribution in [0.15, 0.2) is 42.5 Å². The minimum absolute atomic E-state index is 0.0113. The van der Waals surface area contributed by atoms with Gasteiger partial charge in [0.2, 0.25) is 0 Å². The molecule has 1 N–H and O–H groups in total. The number of carbonyl (C=O) groups is 2. The van der Waals surface area contributed by atoms with Crippen molar-refractivity contribution in [1.29, 1.82) is 0 Å². The van der Waals surface area contributed by atoms with Crippen LogP contribution in [-0.4, -0.2) is 42.5 Å². The summed E-state index contributed by atoms with van der Waals surface area (Å²) >= 11 is 0. The Morgan fingerprint density at radius 3 is 2.32 bits per heavy atom. The maximum atomic E-state index is 12.5. The average molecular weight is 380 g/mol. The molecule has 1 aliphatic heterocycles. The van der Waals surface area contributed by atoms with Crippen molar-refractivity contribution in [3.05, 3.63) is 64.7 Å². The van der Waals surface area contributed by atoms with Gasteiger partial charge in [0.15, 0.2) is 6.61 Å². The van der Waals surface area contributed by atoms with Gasteiger partial charge in [-0.3, -0.25) is 9.59 Å². The van der Waals surface area contributed by atoms with E-state index >= 15 is 0 Å². The zero-order chi connectivity index (χ0) is 20.1. The van der Waals surface area contributed by atoms with Crippen molar-refractivity contribution in [2.24, 2.45) is 0 Å². The van der Waals surface area contributed by atoms with Crippen molar-refractivity contribution >= 4 is 11.8 Å². The highest BCUT2D eigenvalue weighted by Gasteiger charge is 2.24. The van der Waals surface area contributed by atoms with Crippen LogP contribution in [-0.2, 0) is 4.79 Å². The first kappa shape index (κ1) is 19.9. The standard InChI is InChI=1S/C23H28N2O3/c1-16-12-17(2)14-20(13-16)28-15-22(26)25-10-8-19(9-11-25)24-23(27)21-7-5-4-6-18(21)3/h4-7,12-14,19H,8-11,15H2,1-3H3,(H,24,27). The summed E-state index contributed by atoms with van der Waals surface area (Å²) in [5.41, 5.74) is 3.92. The molecular weight excluding hydrogens is 352 g/mol. The minimum Gasteiger partial charge on any atom is -0.484 e. The normalized spacial score (nSPS) is 14.6. The number of rotatable bonds is 5. The summed E-state index contributed by atoms with van der Waals surface area (Å²) < 4.78 is 5.68. The molecule has 5 heteroatoms. The molecule has 0 bridgehead atoms. The van der Waals surface area contributed by atoms with Crippen LogP contribution in [0.25, 0.3) is 0 Å². The van der Waals surface area contributed by atoms with Crippen molar-refractivity contribution in [1.82, 2.24) is 10.2 Å². The van der Waals surface area contributed by atoms with Gasteiger partial charge in [-0.15, -0.1) is 0 Å². The smallest absolute Gasteiger partial charge is 0.260 e. The van der Waals surface area contributed by atoms with Gasteiger partial charge in [-0.1, -0.05) is 24.3 Å². The number of carbonyl (C=O) groups excluding carboxylic acids is 2. The van der Waals surface area contributed by atoms with Crippen LogP contribution < -0.4 is 10.1 Å². The second kappa shape index (κ2) is 8.91. The summed E-state index contributed by atoms with van der Waals surface area (Å²) in [5.74, 6) is 0.676. The number of ether oxygens (including phenoxy) is 1. The lowest BCUT2D eigenvalue weighted by molar-refractivity contribution is -0.134. The Morgan fingerprint density at radius 1 is 1.04 bits per heavy atom. The monoisotopic (exact) mass is 380 g/mol. The van der Waals surface area contributed by atoms with Gasteiger partial charge in [0.1, 0.15) is 5.75 Å². The fraction of sp³-hybridized carbons (Fsp3) is 0.391. The molecule has 0 saturated carbocycles. The van der Waals surface area contributed by atoms with Gasteiger partial charge >= 0.3 is 0 Å². The van der Waals surface area contributed by atoms with Crippen LogP contribution in [0.1, 0.15) is 39.9 Å². The molecule has 2 amide bonds. The van der Waals surface area contributed by atoms with Crippen LogP contribution in [0, 0.1) is 20.8 Å². The first-order chi connectivity index (χ1) is 13.4. The molecule has 148 valence electrons. The highest BCUT2D eigenvalue weighted by atomic mass is 16.5. The third-order valence-electron chi connectivity index (χ3n) is 5.13. The van der Waals surface area contributed by atoms with E-state index in [4.69, 9.17) is 4.74 Å². The summed E-state index contributed by atoms with van der Waals surface area (Å²) in [4.78, 5) is 26.7. The number of nitrogens with one attached hydrogen (secondary N) is 1.